The van der Waals surface area contributed by atoms with Gasteiger partial charge in [-0.15, -0.1) is 15.3 Å². The molecule has 0 radical (unpaired) electrons. The summed E-state index contributed by atoms with van der Waals surface area (Å²) in [5, 5.41) is 11.4. The van der Waals surface area contributed by atoms with Gasteiger partial charge in [0.2, 0.25) is 0 Å². The molecule has 1 aromatic heterocycles. The molecule has 0 saturated heterocycles. The Morgan fingerprint density at radius 3 is 2.40 bits per heavy atom. The van der Waals surface area contributed by atoms with Crippen molar-refractivity contribution in [3.63, 3.8) is 0 Å². The van der Waals surface area contributed by atoms with Gasteiger partial charge in [-0.05, 0) is 93.3 Å². The Bertz CT molecular complexity index is 1370. The normalized spacial score (nSPS) is 19.8. The van der Waals surface area contributed by atoms with Gasteiger partial charge < -0.3 is 14.3 Å². The molecule has 0 bridgehead atoms. The van der Waals surface area contributed by atoms with E-state index in [4.69, 9.17) is 25.9 Å². The fourth-order valence-corrected chi connectivity index (χ4v) is 5.56. The first kappa shape index (κ1) is 28.4. The minimum atomic E-state index is -0.754. The second-order valence-electron chi connectivity index (χ2n) is 12.8. The number of carbonyl (C=O) groups is 1. The molecule has 1 aliphatic carbocycles. The Kier molecular flexibility index (Phi) is 7.86. The standard InChI is InChI=1S/C31H39ClN4O4/c1-30(2,3)22-8-7-9-25(17-22)38-24-13-10-20(11-14-24)28-34-33-27-19-35(40-29(37)39-31(4,5)6)18-21-16-23(32)12-15-26(21)36(27)28/h7-9,12,15-17,20,24H,10-11,13-14,18-19H2,1-6H3/t20-,24-. The van der Waals surface area contributed by atoms with Gasteiger partial charge in [0.05, 0.1) is 24.9 Å². The van der Waals surface area contributed by atoms with Crippen LogP contribution in [0.5, 0.6) is 5.75 Å². The maximum atomic E-state index is 12.4. The van der Waals surface area contributed by atoms with Crippen LogP contribution in [0.2, 0.25) is 5.02 Å². The SMILES string of the molecule is CC(C)(C)OC(=O)ON1Cc2cc(Cl)ccc2-n2c(nnc2[C@H]2CC[C@H](Oc3cccc(C(C)(C)C)c3)CC2)C1. The van der Waals surface area contributed by atoms with Crippen LogP contribution >= 0.6 is 11.6 Å². The summed E-state index contributed by atoms with van der Waals surface area (Å²) in [5.41, 5.74) is 2.57. The number of aromatic nitrogens is 3. The summed E-state index contributed by atoms with van der Waals surface area (Å²) in [6, 6.07) is 14.2. The predicted molar refractivity (Wildman–Crippen MR) is 154 cm³/mol. The average molecular weight is 567 g/mol. The maximum Gasteiger partial charge on any atom is 0.528 e. The van der Waals surface area contributed by atoms with Gasteiger partial charge in [-0.3, -0.25) is 4.57 Å². The highest BCUT2D eigenvalue weighted by Crippen LogP contribution is 2.37. The summed E-state index contributed by atoms with van der Waals surface area (Å²) < 4.78 is 13.9. The number of hydrogen-bond donors (Lipinski definition) is 0. The van der Waals surface area contributed by atoms with Crippen LogP contribution in [0.1, 0.15) is 95.9 Å². The molecule has 1 saturated carbocycles. The Morgan fingerprint density at radius 2 is 1.70 bits per heavy atom. The van der Waals surface area contributed by atoms with E-state index in [0.717, 1.165) is 48.5 Å². The zero-order chi connectivity index (χ0) is 28.7. The van der Waals surface area contributed by atoms with Crippen molar-refractivity contribution >= 4 is 17.8 Å². The van der Waals surface area contributed by atoms with Gasteiger partial charge in [0.1, 0.15) is 17.2 Å². The molecule has 2 aromatic carbocycles. The summed E-state index contributed by atoms with van der Waals surface area (Å²) in [7, 11) is 0. The van der Waals surface area contributed by atoms with Crippen molar-refractivity contribution in [3.05, 3.63) is 70.3 Å². The van der Waals surface area contributed by atoms with Crippen molar-refractivity contribution in [2.24, 2.45) is 0 Å². The zero-order valence-electron chi connectivity index (χ0n) is 24.2. The van der Waals surface area contributed by atoms with Crippen LogP contribution in [0.15, 0.2) is 42.5 Å². The number of ether oxygens (including phenoxy) is 2. The second kappa shape index (κ2) is 11.1. The van der Waals surface area contributed by atoms with Crippen molar-refractivity contribution in [2.75, 3.05) is 0 Å². The molecule has 2 aliphatic rings. The minimum Gasteiger partial charge on any atom is -0.490 e. The van der Waals surface area contributed by atoms with Crippen molar-refractivity contribution < 1.29 is 19.1 Å². The van der Waals surface area contributed by atoms with Gasteiger partial charge >= 0.3 is 6.16 Å². The molecule has 0 spiro atoms. The highest BCUT2D eigenvalue weighted by molar-refractivity contribution is 6.30. The first-order valence-electron chi connectivity index (χ1n) is 14.0. The Hall–Kier alpha value is -3.10. The molecule has 1 aliphatic heterocycles. The highest BCUT2D eigenvalue weighted by Gasteiger charge is 2.32. The fourth-order valence-electron chi connectivity index (χ4n) is 5.37. The first-order chi connectivity index (χ1) is 18.9. The fraction of sp³-hybridized carbons (Fsp3) is 0.516. The van der Waals surface area contributed by atoms with E-state index < -0.39 is 11.8 Å². The predicted octanol–water partition coefficient (Wildman–Crippen LogP) is 7.51. The Balaban J connectivity index is 1.33. The van der Waals surface area contributed by atoms with Gasteiger partial charge in [0, 0.05) is 10.9 Å². The van der Waals surface area contributed by atoms with E-state index >= 15 is 0 Å². The van der Waals surface area contributed by atoms with E-state index in [1.807, 2.05) is 24.3 Å². The number of hydroxylamine groups is 2. The quantitative estimate of drug-likeness (QED) is 0.302. The maximum absolute atomic E-state index is 12.4. The van der Waals surface area contributed by atoms with Gasteiger partial charge in [0.25, 0.3) is 0 Å². The summed E-state index contributed by atoms with van der Waals surface area (Å²) >= 11 is 6.37. The highest BCUT2D eigenvalue weighted by atomic mass is 35.5. The number of carbonyl (C=O) groups excluding carboxylic acids is 1. The molecular formula is C31H39ClN4O4. The van der Waals surface area contributed by atoms with Crippen molar-refractivity contribution in [2.45, 2.75) is 103 Å². The molecule has 8 nitrogen and oxygen atoms in total. The monoisotopic (exact) mass is 566 g/mol. The molecule has 40 heavy (non-hydrogen) atoms. The van der Waals surface area contributed by atoms with Crippen LogP contribution in [0, 0.1) is 0 Å². The molecule has 0 amide bonds. The van der Waals surface area contributed by atoms with Crippen LogP contribution in [-0.2, 0) is 28.1 Å². The van der Waals surface area contributed by atoms with E-state index in [-0.39, 0.29) is 24.0 Å². The molecular weight excluding hydrogens is 528 g/mol. The molecule has 9 heteroatoms. The lowest BCUT2D eigenvalue weighted by atomic mass is 9.86. The van der Waals surface area contributed by atoms with E-state index in [0.29, 0.717) is 17.4 Å². The molecule has 5 rings (SSSR count). The average Bonchev–Trinajstić information content (AvgIpc) is 3.19. The molecule has 0 N–H and O–H groups in total. The molecule has 3 aromatic rings. The summed E-state index contributed by atoms with van der Waals surface area (Å²) in [6.45, 7) is 12.7. The number of rotatable bonds is 4. The van der Waals surface area contributed by atoms with Crippen LogP contribution in [0.3, 0.4) is 0 Å². The first-order valence-corrected chi connectivity index (χ1v) is 14.4. The van der Waals surface area contributed by atoms with Crippen LogP contribution in [0.25, 0.3) is 5.69 Å². The van der Waals surface area contributed by atoms with Gasteiger partial charge in [-0.25, -0.2) is 4.79 Å². The Morgan fingerprint density at radius 1 is 0.950 bits per heavy atom. The molecule has 0 atom stereocenters. The third kappa shape index (κ3) is 6.61. The number of halogens is 1. The number of benzene rings is 2. The third-order valence-electron chi connectivity index (χ3n) is 7.34. The number of hydrogen-bond acceptors (Lipinski definition) is 7. The minimum absolute atomic E-state index is 0.0799. The van der Waals surface area contributed by atoms with Crippen molar-refractivity contribution in [1.29, 1.82) is 0 Å². The lowest BCUT2D eigenvalue weighted by molar-refractivity contribution is -0.155. The molecule has 0 unspecified atom stereocenters. The van der Waals surface area contributed by atoms with Gasteiger partial charge in [-0.2, -0.15) is 0 Å². The lowest BCUT2D eigenvalue weighted by Crippen LogP contribution is -2.31. The number of fused-ring (bicyclic) bond motifs is 3. The topological polar surface area (TPSA) is 78.7 Å². The second-order valence-corrected chi connectivity index (χ2v) is 13.2. The van der Waals surface area contributed by atoms with Gasteiger partial charge in [0.15, 0.2) is 5.82 Å². The van der Waals surface area contributed by atoms with E-state index in [1.54, 1.807) is 25.8 Å². The van der Waals surface area contributed by atoms with Crippen LogP contribution < -0.4 is 4.74 Å². The smallest absolute Gasteiger partial charge is 0.490 e. The zero-order valence-corrected chi connectivity index (χ0v) is 25.0. The molecule has 2 heterocycles. The summed E-state index contributed by atoms with van der Waals surface area (Å²) in [4.78, 5) is 18.0. The van der Waals surface area contributed by atoms with Crippen LogP contribution in [0.4, 0.5) is 4.79 Å². The summed E-state index contributed by atoms with van der Waals surface area (Å²) in [5.74, 6) is 2.80. The lowest BCUT2D eigenvalue weighted by Gasteiger charge is -2.29. The van der Waals surface area contributed by atoms with E-state index in [9.17, 15) is 4.79 Å². The van der Waals surface area contributed by atoms with Crippen molar-refractivity contribution in [1.82, 2.24) is 19.8 Å². The molecule has 1 fully saturated rings. The van der Waals surface area contributed by atoms with E-state index in [2.05, 4.69) is 53.7 Å². The van der Waals surface area contributed by atoms with Crippen molar-refractivity contribution in [3.8, 4) is 11.4 Å². The number of nitrogens with zero attached hydrogens (tertiary/aromatic N) is 4. The largest absolute Gasteiger partial charge is 0.528 e. The third-order valence-corrected chi connectivity index (χ3v) is 7.57. The summed E-state index contributed by atoms with van der Waals surface area (Å²) in [6.07, 6.45) is 3.19. The molecule has 214 valence electrons. The van der Waals surface area contributed by atoms with Gasteiger partial charge in [-0.1, -0.05) is 44.5 Å². The Labute approximate surface area is 241 Å². The van der Waals surface area contributed by atoms with Crippen LogP contribution in [-0.4, -0.2) is 37.7 Å². The van der Waals surface area contributed by atoms with E-state index in [1.165, 1.54) is 5.56 Å².